The summed E-state index contributed by atoms with van der Waals surface area (Å²) in [5, 5.41) is 22.2. The number of rotatable bonds is 4. The molecule has 2 heterocycles. The maximum absolute atomic E-state index is 10.4. The van der Waals surface area contributed by atoms with E-state index in [9.17, 15) is 5.11 Å². The first-order valence-electron chi connectivity index (χ1n) is 8.67. The number of hydrogen-bond donors (Lipinski definition) is 1. The van der Waals surface area contributed by atoms with Crippen LogP contribution in [0.15, 0.2) is 60.8 Å². The van der Waals surface area contributed by atoms with Gasteiger partial charge < -0.3 is 9.84 Å². The fourth-order valence-corrected chi connectivity index (χ4v) is 2.85. The molecule has 1 N–H and O–H groups in total. The monoisotopic (exact) mass is 371 g/mol. The van der Waals surface area contributed by atoms with E-state index < -0.39 is 0 Å². The average molecular weight is 371 g/mol. The second kappa shape index (κ2) is 7.40. The highest BCUT2D eigenvalue weighted by Gasteiger charge is 2.14. The van der Waals surface area contributed by atoms with Crippen LogP contribution in [0.5, 0.6) is 17.4 Å². The lowest BCUT2D eigenvalue weighted by molar-refractivity contribution is 0.463. The average Bonchev–Trinajstić information content (AvgIpc) is 2.72. The smallest absolute Gasteiger partial charge is 0.219 e. The molecule has 0 radical (unpaired) electrons. The van der Waals surface area contributed by atoms with Gasteiger partial charge in [0, 0.05) is 17.8 Å². The van der Waals surface area contributed by atoms with E-state index in [4.69, 9.17) is 4.74 Å². The van der Waals surface area contributed by atoms with Gasteiger partial charge in [-0.2, -0.15) is 0 Å². The van der Waals surface area contributed by atoms with Crippen LogP contribution in [0.2, 0.25) is 0 Å². The second-order valence-corrected chi connectivity index (χ2v) is 6.32. The van der Waals surface area contributed by atoms with Crippen molar-refractivity contribution in [2.45, 2.75) is 13.8 Å². The Labute approximate surface area is 161 Å². The van der Waals surface area contributed by atoms with Gasteiger partial charge in [0.25, 0.3) is 0 Å². The Morgan fingerprint density at radius 3 is 2.57 bits per heavy atom. The molecule has 0 spiro atoms. The van der Waals surface area contributed by atoms with Crippen LogP contribution in [0, 0.1) is 13.8 Å². The summed E-state index contributed by atoms with van der Waals surface area (Å²) in [6.45, 7) is 3.78. The molecule has 0 fully saturated rings. The summed E-state index contributed by atoms with van der Waals surface area (Å²) in [7, 11) is 0. The first-order valence-corrected chi connectivity index (χ1v) is 8.67. The number of aromatic hydroxyl groups is 1. The van der Waals surface area contributed by atoms with Gasteiger partial charge in [-0.1, -0.05) is 24.3 Å². The molecule has 4 rings (SSSR count). The first-order chi connectivity index (χ1) is 13.6. The van der Waals surface area contributed by atoms with Gasteiger partial charge in [0.2, 0.25) is 5.88 Å². The molecule has 7 heteroatoms. The van der Waals surface area contributed by atoms with Crippen LogP contribution in [-0.4, -0.2) is 30.5 Å². The molecule has 0 saturated carbocycles. The molecule has 0 bridgehead atoms. The summed E-state index contributed by atoms with van der Waals surface area (Å²) >= 11 is 0. The fourth-order valence-electron chi connectivity index (χ4n) is 2.85. The SMILES string of the molecule is Cc1cc(C)c(O)c(-c2nnnc(-c3cccc(Oc4ccccn4)c3)n2)c1. The Balaban J connectivity index is 1.70. The lowest BCUT2D eigenvalue weighted by Crippen LogP contribution is -2.00. The molecule has 0 saturated heterocycles. The minimum Gasteiger partial charge on any atom is -0.507 e. The molecule has 0 aliphatic carbocycles. The van der Waals surface area contributed by atoms with Crippen LogP contribution in [0.4, 0.5) is 0 Å². The molecule has 0 unspecified atom stereocenters. The van der Waals surface area contributed by atoms with E-state index in [1.807, 2.05) is 56.3 Å². The van der Waals surface area contributed by atoms with Gasteiger partial charge in [-0.25, -0.2) is 9.97 Å². The van der Waals surface area contributed by atoms with Crippen LogP contribution in [0.25, 0.3) is 22.8 Å². The maximum Gasteiger partial charge on any atom is 0.219 e. The summed E-state index contributed by atoms with van der Waals surface area (Å²) in [5.41, 5.74) is 2.99. The van der Waals surface area contributed by atoms with Crippen LogP contribution >= 0.6 is 0 Å². The largest absolute Gasteiger partial charge is 0.507 e. The topological polar surface area (TPSA) is 93.9 Å². The standard InChI is InChI=1S/C21H17N5O2/c1-13-10-14(2)19(27)17(11-13)21-23-20(24-26-25-21)15-6-5-7-16(12-15)28-18-8-3-4-9-22-18/h3-12,27H,1-2H3. The molecule has 0 atom stereocenters. The number of ether oxygens (including phenoxy) is 1. The minimum absolute atomic E-state index is 0.136. The van der Waals surface area contributed by atoms with Crippen LogP contribution in [0.3, 0.4) is 0 Å². The molecular formula is C21H17N5O2. The van der Waals surface area contributed by atoms with E-state index in [0.29, 0.717) is 34.4 Å². The van der Waals surface area contributed by atoms with Gasteiger partial charge in [-0.05, 0) is 54.5 Å². The van der Waals surface area contributed by atoms with Gasteiger partial charge in [-0.15, -0.1) is 10.2 Å². The van der Waals surface area contributed by atoms with Crippen molar-refractivity contribution in [2.24, 2.45) is 0 Å². The van der Waals surface area contributed by atoms with Crippen molar-refractivity contribution < 1.29 is 9.84 Å². The second-order valence-electron chi connectivity index (χ2n) is 6.32. The van der Waals surface area contributed by atoms with E-state index in [0.717, 1.165) is 11.1 Å². The number of phenols is 1. The normalized spacial score (nSPS) is 10.6. The number of aromatic nitrogens is 5. The predicted octanol–water partition coefficient (Wildman–Crippen LogP) is 4.11. The number of nitrogens with zero attached hydrogens (tertiary/aromatic N) is 5. The summed E-state index contributed by atoms with van der Waals surface area (Å²) in [4.78, 5) is 8.64. The molecule has 28 heavy (non-hydrogen) atoms. The van der Waals surface area contributed by atoms with Gasteiger partial charge in [0.05, 0.1) is 5.56 Å². The Morgan fingerprint density at radius 1 is 0.893 bits per heavy atom. The zero-order valence-corrected chi connectivity index (χ0v) is 15.4. The Kier molecular flexibility index (Phi) is 4.63. The Bertz CT molecular complexity index is 1130. The molecule has 138 valence electrons. The minimum atomic E-state index is 0.136. The molecule has 7 nitrogen and oxygen atoms in total. The van der Waals surface area contributed by atoms with Crippen LogP contribution in [0.1, 0.15) is 11.1 Å². The third-order valence-corrected chi connectivity index (χ3v) is 4.13. The van der Waals surface area contributed by atoms with Crippen LogP contribution < -0.4 is 4.74 Å². The Morgan fingerprint density at radius 2 is 1.75 bits per heavy atom. The molecule has 4 aromatic rings. The van der Waals surface area contributed by atoms with Crippen molar-refractivity contribution in [3.63, 3.8) is 0 Å². The highest BCUT2D eigenvalue weighted by Crippen LogP contribution is 2.31. The summed E-state index contributed by atoms with van der Waals surface area (Å²) in [6, 6.07) is 16.5. The maximum atomic E-state index is 10.4. The number of pyridine rings is 1. The fraction of sp³-hybridized carbons (Fsp3) is 0.0952. The summed E-state index contributed by atoms with van der Waals surface area (Å²) in [5.74, 6) is 1.93. The highest BCUT2D eigenvalue weighted by atomic mass is 16.5. The first kappa shape index (κ1) is 17.5. The summed E-state index contributed by atoms with van der Waals surface area (Å²) < 4.78 is 5.76. The lowest BCUT2D eigenvalue weighted by atomic mass is 10.1. The third kappa shape index (κ3) is 3.64. The van der Waals surface area contributed by atoms with E-state index in [-0.39, 0.29) is 5.75 Å². The molecule has 0 amide bonds. The van der Waals surface area contributed by atoms with Gasteiger partial charge in [0.1, 0.15) is 11.5 Å². The van der Waals surface area contributed by atoms with Gasteiger partial charge >= 0.3 is 0 Å². The molecule has 2 aromatic heterocycles. The molecular weight excluding hydrogens is 354 g/mol. The van der Waals surface area contributed by atoms with E-state index in [1.54, 1.807) is 18.3 Å². The van der Waals surface area contributed by atoms with E-state index in [2.05, 4.69) is 25.4 Å². The van der Waals surface area contributed by atoms with Crippen molar-refractivity contribution in [3.8, 4) is 40.2 Å². The van der Waals surface area contributed by atoms with Gasteiger partial charge in [-0.3, -0.25) is 0 Å². The predicted molar refractivity (Wildman–Crippen MR) is 104 cm³/mol. The zero-order valence-electron chi connectivity index (χ0n) is 15.4. The van der Waals surface area contributed by atoms with Crippen LogP contribution in [-0.2, 0) is 0 Å². The number of hydrogen-bond acceptors (Lipinski definition) is 7. The Hall–Kier alpha value is -3.87. The zero-order chi connectivity index (χ0) is 19.5. The molecule has 0 aliphatic heterocycles. The van der Waals surface area contributed by atoms with E-state index >= 15 is 0 Å². The molecule has 2 aromatic carbocycles. The van der Waals surface area contributed by atoms with Crippen molar-refractivity contribution in [1.29, 1.82) is 0 Å². The van der Waals surface area contributed by atoms with Gasteiger partial charge in [0.15, 0.2) is 11.6 Å². The van der Waals surface area contributed by atoms with Crippen molar-refractivity contribution >= 4 is 0 Å². The van der Waals surface area contributed by atoms with Crippen molar-refractivity contribution in [3.05, 3.63) is 71.9 Å². The lowest BCUT2D eigenvalue weighted by Gasteiger charge is -2.09. The third-order valence-electron chi connectivity index (χ3n) is 4.13. The van der Waals surface area contributed by atoms with Crippen molar-refractivity contribution in [2.75, 3.05) is 0 Å². The number of aryl methyl sites for hydroxylation is 2. The van der Waals surface area contributed by atoms with Crippen molar-refractivity contribution in [1.82, 2.24) is 25.4 Å². The highest BCUT2D eigenvalue weighted by molar-refractivity contribution is 5.68. The number of benzene rings is 2. The van der Waals surface area contributed by atoms with E-state index in [1.165, 1.54) is 0 Å². The quantitative estimate of drug-likeness (QED) is 0.577. The number of phenolic OH excluding ortho intramolecular Hbond substituents is 1. The summed E-state index contributed by atoms with van der Waals surface area (Å²) in [6.07, 6.45) is 1.66. The molecule has 0 aliphatic rings.